The fourth-order valence-electron chi connectivity index (χ4n) is 2.58. The first kappa shape index (κ1) is 20.8. The highest BCUT2D eigenvalue weighted by molar-refractivity contribution is 5.66. The Morgan fingerprint density at radius 1 is 1.26 bits per heavy atom. The van der Waals surface area contributed by atoms with Crippen molar-refractivity contribution in [1.82, 2.24) is 15.5 Å². The Morgan fingerprint density at radius 2 is 2.04 bits per heavy atom. The highest BCUT2D eigenvalue weighted by atomic mass is 16.5. The second-order valence-electron chi connectivity index (χ2n) is 6.95. The number of hydrogen-bond donors (Lipinski definition) is 2. The summed E-state index contributed by atoms with van der Waals surface area (Å²) in [5, 5.41) is 15.8. The van der Waals surface area contributed by atoms with Gasteiger partial charge in [0.25, 0.3) is 0 Å². The third-order valence-electron chi connectivity index (χ3n) is 4.06. The van der Waals surface area contributed by atoms with Crippen LogP contribution in [0, 0.1) is 5.92 Å². The fourth-order valence-corrected chi connectivity index (χ4v) is 2.58. The monoisotopic (exact) mass is 371 g/mol. The van der Waals surface area contributed by atoms with Crippen LogP contribution in [-0.2, 0) is 17.8 Å². The molecule has 0 radical (unpaired) electrons. The summed E-state index contributed by atoms with van der Waals surface area (Å²) < 4.78 is 5.35. The molecule has 0 aliphatic heterocycles. The van der Waals surface area contributed by atoms with Crippen molar-refractivity contribution in [2.45, 2.75) is 52.5 Å². The Bertz CT molecular complexity index is 721. The van der Waals surface area contributed by atoms with Crippen molar-refractivity contribution in [1.29, 1.82) is 0 Å². The third kappa shape index (κ3) is 8.17. The van der Waals surface area contributed by atoms with E-state index >= 15 is 0 Å². The molecular formula is C21H29N3O3. The van der Waals surface area contributed by atoms with E-state index in [-0.39, 0.29) is 6.42 Å². The zero-order valence-electron chi connectivity index (χ0n) is 16.1. The lowest BCUT2D eigenvalue weighted by atomic mass is 10.1. The van der Waals surface area contributed by atoms with E-state index in [1.807, 2.05) is 24.3 Å². The number of hydrogen-bond acceptors (Lipinski definition) is 5. The topological polar surface area (TPSA) is 88.2 Å². The highest BCUT2D eigenvalue weighted by Gasteiger charge is 2.08. The zero-order valence-corrected chi connectivity index (χ0v) is 16.1. The Hall–Kier alpha value is -2.47. The molecule has 0 saturated heterocycles. The molecule has 0 amide bonds. The van der Waals surface area contributed by atoms with Crippen LogP contribution in [-0.4, -0.2) is 27.8 Å². The van der Waals surface area contributed by atoms with E-state index in [1.54, 1.807) is 0 Å². The average molecular weight is 371 g/mol. The Balaban J connectivity index is 1.75. The second-order valence-corrected chi connectivity index (χ2v) is 6.95. The number of nitrogens with one attached hydrogen (secondary N) is 1. The minimum Gasteiger partial charge on any atom is -0.481 e. The molecule has 0 unspecified atom stereocenters. The maximum absolute atomic E-state index is 10.5. The summed E-state index contributed by atoms with van der Waals surface area (Å²) in [5.41, 5.74) is 2.00. The molecule has 0 atom stereocenters. The molecule has 2 aromatic rings. The van der Waals surface area contributed by atoms with Crippen molar-refractivity contribution in [3.05, 3.63) is 47.9 Å². The molecule has 0 bridgehead atoms. The van der Waals surface area contributed by atoms with Crippen molar-refractivity contribution < 1.29 is 14.4 Å². The molecule has 146 valence electrons. The van der Waals surface area contributed by atoms with Gasteiger partial charge in [-0.15, -0.1) is 0 Å². The van der Waals surface area contributed by atoms with Crippen molar-refractivity contribution >= 4 is 5.97 Å². The van der Waals surface area contributed by atoms with Gasteiger partial charge < -0.3 is 14.9 Å². The van der Waals surface area contributed by atoms with Gasteiger partial charge >= 0.3 is 5.97 Å². The van der Waals surface area contributed by atoms with E-state index in [4.69, 9.17) is 9.63 Å². The summed E-state index contributed by atoms with van der Waals surface area (Å²) in [6.45, 7) is 5.45. The number of aromatic nitrogens is 2. The molecule has 6 heteroatoms. The molecule has 6 nitrogen and oxygen atoms in total. The molecule has 1 aromatic carbocycles. The average Bonchev–Trinajstić information content (AvgIpc) is 3.11. The van der Waals surface area contributed by atoms with Crippen molar-refractivity contribution in [3.63, 3.8) is 0 Å². The van der Waals surface area contributed by atoms with Gasteiger partial charge in [0.15, 0.2) is 0 Å². The van der Waals surface area contributed by atoms with Gasteiger partial charge in [-0.2, -0.15) is 4.98 Å². The lowest BCUT2D eigenvalue weighted by Gasteiger charge is -2.03. The lowest BCUT2D eigenvalue weighted by molar-refractivity contribution is -0.136. The molecular weight excluding hydrogens is 342 g/mol. The van der Waals surface area contributed by atoms with Crippen LogP contribution in [0.25, 0.3) is 11.4 Å². The van der Waals surface area contributed by atoms with Gasteiger partial charge in [-0.05, 0) is 30.7 Å². The molecule has 1 aromatic heterocycles. The Morgan fingerprint density at radius 3 is 2.74 bits per heavy atom. The summed E-state index contributed by atoms with van der Waals surface area (Å²) in [5.74, 6) is 1.10. The van der Waals surface area contributed by atoms with Crippen LogP contribution in [0.2, 0.25) is 0 Å². The number of aliphatic carboxylic acids is 1. The quantitative estimate of drug-likeness (QED) is 0.429. The number of rotatable bonds is 12. The normalized spacial score (nSPS) is 11.5. The third-order valence-corrected chi connectivity index (χ3v) is 4.06. The smallest absolute Gasteiger partial charge is 0.304 e. The van der Waals surface area contributed by atoms with Crippen LogP contribution in [0.3, 0.4) is 0 Å². The first-order valence-corrected chi connectivity index (χ1v) is 9.55. The van der Waals surface area contributed by atoms with E-state index in [9.17, 15) is 4.79 Å². The SMILES string of the molecule is CC(C)C=CCCCCc1nc(-c2ccc(CNCCC(=O)O)cc2)no1. The largest absolute Gasteiger partial charge is 0.481 e. The van der Waals surface area contributed by atoms with Gasteiger partial charge in [0.2, 0.25) is 11.7 Å². The van der Waals surface area contributed by atoms with Crippen molar-refractivity contribution in [2.75, 3.05) is 6.54 Å². The Labute approximate surface area is 160 Å². The van der Waals surface area contributed by atoms with E-state index < -0.39 is 5.97 Å². The van der Waals surface area contributed by atoms with Crippen LogP contribution in [0.1, 0.15) is 51.0 Å². The van der Waals surface area contributed by atoms with E-state index in [1.165, 1.54) is 0 Å². The number of unbranched alkanes of at least 4 members (excludes halogenated alkanes) is 2. The zero-order chi connectivity index (χ0) is 19.5. The first-order chi connectivity index (χ1) is 13.0. The number of benzene rings is 1. The van der Waals surface area contributed by atoms with Gasteiger partial charge in [0.1, 0.15) is 0 Å². The second kappa shape index (κ2) is 11.3. The van der Waals surface area contributed by atoms with E-state index in [2.05, 4.69) is 41.5 Å². The van der Waals surface area contributed by atoms with Crippen LogP contribution < -0.4 is 5.32 Å². The van der Waals surface area contributed by atoms with Gasteiger partial charge in [-0.1, -0.05) is 55.4 Å². The van der Waals surface area contributed by atoms with Crippen LogP contribution in [0.4, 0.5) is 0 Å². The summed E-state index contributed by atoms with van der Waals surface area (Å²) in [6, 6.07) is 7.89. The molecule has 1 heterocycles. The molecule has 0 spiro atoms. The predicted octanol–water partition coefficient (Wildman–Crippen LogP) is 4.23. The molecule has 2 rings (SSSR count). The van der Waals surface area contributed by atoms with Gasteiger partial charge in [0, 0.05) is 25.1 Å². The molecule has 27 heavy (non-hydrogen) atoms. The fraction of sp³-hybridized carbons (Fsp3) is 0.476. The number of aryl methyl sites for hydroxylation is 1. The summed E-state index contributed by atoms with van der Waals surface area (Å²) in [7, 11) is 0. The minimum atomic E-state index is -0.794. The summed E-state index contributed by atoms with van der Waals surface area (Å²) in [4.78, 5) is 15.0. The molecule has 0 aliphatic carbocycles. The van der Waals surface area contributed by atoms with E-state index in [0.717, 1.165) is 36.8 Å². The standard InChI is InChI=1S/C21H29N3O3/c1-16(2)7-5-3-4-6-8-19-23-21(24-27-19)18-11-9-17(10-12-18)15-22-14-13-20(25)26/h5,7,9-12,16,22H,3-4,6,8,13-15H2,1-2H3,(H,25,26). The minimum absolute atomic E-state index is 0.123. The van der Waals surface area contributed by atoms with Gasteiger partial charge in [-0.25, -0.2) is 0 Å². The maximum atomic E-state index is 10.5. The Kier molecular flexibility index (Phi) is 8.71. The molecule has 0 aliphatic rings. The number of carboxylic acids is 1. The van der Waals surface area contributed by atoms with Gasteiger partial charge in [0.05, 0.1) is 6.42 Å². The first-order valence-electron chi connectivity index (χ1n) is 9.55. The summed E-state index contributed by atoms with van der Waals surface area (Å²) in [6.07, 6.45) is 8.63. The summed E-state index contributed by atoms with van der Waals surface area (Å²) >= 11 is 0. The maximum Gasteiger partial charge on any atom is 0.304 e. The molecule has 0 saturated carbocycles. The van der Waals surface area contributed by atoms with Crippen molar-refractivity contribution in [2.24, 2.45) is 5.92 Å². The molecule has 2 N–H and O–H groups in total. The number of carboxylic acid groups (broad SMARTS) is 1. The number of allylic oxidation sites excluding steroid dienone is 2. The lowest BCUT2D eigenvalue weighted by Crippen LogP contribution is -2.17. The van der Waals surface area contributed by atoms with Gasteiger partial charge in [-0.3, -0.25) is 4.79 Å². The van der Waals surface area contributed by atoms with Crippen LogP contribution in [0.5, 0.6) is 0 Å². The van der Waals surface area contributed by atoms with Crippen molar-refractivity contribution in [3.8, 4) is 11.4 Å². The van der Waals surface area contributed by atoms with Crippen LogP contribution >= 0.6 is 0 Å². The number of carbonyl (C=O) groups is 1. The molecule has 0 fully saturated rings. The van der Waals surface area contributed by atoms with E-state index in [0.29, 0.717) is 30.7 Å². The highest BCUT2D eigenvalue weighted by Crippen LogP contribution is 2.17. The van der Waals surface area contributed by atoms with Crippen LogP contribution in [0.15, 0.2) is 40.9 Å². The number of nitrogens with zero attached hydrogens (tertiary/aromatic N) is 2. The predicted molar refractivity (Wildman–Crippen MR) is 105 cm³/mol.